The number of hydrogen-bond donors (Lipinski definition) is 0. The SMILES string of the molecule is C=CC(=C)N1CCCC(C)(CC(CCC(=C)C(=C)C)CC(=C)C(=C)C)CC1. The molecule has 0 aromatic carbocycles. The highest BCUT2D eigenvalue weighted by molar-refractivity contribution is 5.24. The third-order valence-electron chi connectivity index (χ3n) is 6.21. The van der Waals surface area contributed by atoms with Crippen LogP contribution in [0.3, 0.4) is 0 Å². The second kappa shape index (κ2) is 10.5. The van der Waals surface area contributed by atoms with Gasteiger partial charge in [-0.15, -0.1) is 0 Å². The van der Waals surface area contributed by atoms with Gasteiger partial charge < -0.3 is 4.90 Å². The van der Waals surface area contributed by atoms with Crippen LogP contribution in [-0.4, -0.2) is 18.0 Å². The molecule has 150 valence electrons. The van der Waals surface area contributed by atoms with E-state index in [-0.39, 0.29) is 0 Å². The van der Waals surface area contributed by atoms with Crippen LogP contribution in [0.5, 0.6) is 0 Å². The number of allylic oxidation sites excluding steroid dienone is 5. The lowest BCUT2D eigenvalue weighted by molar-refractivity contribution is 0.200. The molecule has 0 N–H and O–H groups in total. The minimum atomic E-state index is 0.362. The van der Waals surface area contributed by atoms with Gasteiger partial charge in [-0.25, -0.2) is 0 Å². The lowest BCUT2D eigenvalue weighted by Gasteiger charge is -2.33. The van der Waals surface area contributed by atoms with Crippen LogP contribution in [0.2, 0.25) is 0 Å². The summed E-state index contributed by atoms with van der Waals surface area (Å²) in [6, 6.07) is 0. The van der Waals surface area contributed by atoms with Crippen molar-refractivity contribution >= 4 is 0 Å². The van der Waals surface area contributed by atoms with Crippen molar-refractivity contribution in [2.45, 2.75) is 65.7 Å². The van der Waals surface area contributed by atoms with Crippen molar-refractivity contribution in [1.82, 2.24) is 4.90 Å². The molecule has 1 fully saturated rings. The van der Waals surface area contributed by atoms with E-state index < -0.39 is 0 Å². The van der Waals surface area contributed by atoms with Gasteiger partial charge in [0.2, 0.25) is 0 Å². The second-order valence-electron chi connectivity index (χ2n) is 8.93. The summed E-state index contributed by atoms with van der Waals surface area (Å²) in [6.07, 6.45) is 10.0. The maximum absolute atomic E-state index is 4.27. The molecule has 2 atom stereocenters. The highest BCUT2D eigenvalue weighted by Gasteiger charge is 2.31. The van der Waals surface area contributed by atoms with Crippen LogP contribution in [0, 0.1) is 11.3 Å². The summed E-state index contributed by atoms with van der Waals surface area (Å²) in [7, 11) is 0. The number of likely N-dealkylation sites (tertiary alicyclic amines) is 1. The molecule has 1 aliphatic rings. The van der Waals surface area contributed by atoms with E-state index >= 15 is 0 Å². The minimum Gasteiger partial charge on any atom is -0.372 e. The van der Waals surface area contributed by atoms with Crippen molar-refractivity contribution in [2.24, 2.45) is 11.3 Å². The smallest absolute Gasteiger partial charge is 0.0287 e. The van der Waals surface area contributed by atoms with E-state index in [4.69, 9.17) is 0 Å². The summed E-state index contributed by atoms with van der Waals surface area (Å²) in [4.78, 5) is 2.39. The van der Waals surface area contributed by atoms with Crippen LogP contribution in [0.4, 0.5) is 0 Å². The van der Waals surface area contributed by atoms with Crippen molar-refractivity contribution < 1.29 is 0 Å². The largest absolute Gasteiger partial charge is 0.372 e. The van der Waals surface area contributed by atoms with Crippen LogP contribution in [0.1, 0.15) is 65.7 Å². The number of rotatable bonds is 11. The molecule has 0 aromatic rings. The Kier molecular flexibility index (Phi) is 9.09. The molecule has 0 saturated carbocycles. The highest BCUT2D eigenvalue weighted by Crippen LogP contribution is 2.41. The van der Waals surface area contributed by atoms with Gasteiger partial charge in [-0.2, -0.15) is 0 Å². The van der Waals surface area contributed by atoms with Crippen molar-refractivity contribution in [3.05, 3.63) is 73.5 Å². The Labute approximate surface area is 168 Å². The van der Waals surface area contributed by atoms with Crippen LogP contribution >= 0.6 is 0 Å². The molecule has 1 heterocycles. The van der Waals surface area contributed by atoms with Gasteiger partial charge in [0.25, 0.3) is 0 Å². The zero-order valence-electron chi connectivity index (χ0n) is 18.2. The Balaban J connectivity index is 2.81. The van der Waals surface area contributed by atoms with Crippen LogP contribution < -0.4 is 0 Å². The zero-order chi connectivity index (χ0) is 20.6. The molecule has 0 aliphatic carbocycles. The first-order chi connectivity index (χ1) is 12.6. The van der Waals surface area contributed by atoms with Gasteiger partial charge in [-0.1, -0.05) is 68.7 Å². The monoisotopic (exact) mass is 367 g/mol. The lowest BCUT2D eigenvalue weighted by atomic mass is 9.72. The summed E-state index contributed by atoms with van der Waals surface area (Å²) < 4.78 is 0. The molecule has 1 rings (SSSR count). The minimum absolute atomic E-state index is 0.362. The van der Waals surface area contributed by atoms with E-state index in [0.29, 0.717) is 11.3 Å². The standard InChI is InChI=1S/C26H41N/c1-10-24(8)27-16-11-14-26(9,15-17-27)19-25(18-23(7)21(4)5)13-12-22(6)20(2)3/h10,25H,1-2,4,6-8,11-19H2,3,5,9H3. The first-order valence-electron chi connectivity index (χ1n) is 10.3. The average Bonchev–Trinajstić information content (AvgIpc) is 2.80. The fourth-order valence-corrected chi connectivity index (χ4v) is 4.05. The molecule has 2 unspecified atom stereocenters. The predicted molar refractivity (Wildman–Crippen MR) is 123 cm³/mol. The molecule has 1 heteroatoms. The van der Waals surface area contributed by atoms with Crippen molar-refractivity contribution in [3.63, 3.8) is 0 Å². The predicted octanol–water partition coefficient (Wildman–Crippen LogP) is 7.62. The van der Waals surface area contributed by atoms with Crippen molar-refractivity contribution in [2.75, 3.05) is 13.1 Å². The Hall–Kier alpha value is -1.76. The van der Waals surface area contributed by atoms with E-state index in [1.807, 2.05) is 6.08 Å². The van der Waals surface area contributed by atoms with Gasteiger partial charge in [0, 0.05) is 18.8 Å². The summed E-state index contributed by atoms with van der Waals surface area (Å²) in [6.45, 7) is 33.4. The molecule has 0 aromatic heterocycles. The fourth-order valence-electron chi connectivity index (χ4n) is 4.05. The van der Waals surface area contributed by atoms with Crippen LogP contribution in [0.25, 0.3) is 0 Å². The zero-order valence-corrected chi connectivity index (χ0v) is 18.2. The summed E-state index contributed by atoms with van der Waals surface area (Å²) in [5.41, 5.74) is 6.01. The first-order valence-corrected chi connectivity index (χ1v) is 10.3. The van der Waals surface area contributed by atoms with Gasteiger partial charge in [-0.05, 0) is 76.2 Å². The Morgan fingerprint density at radius 1 is 1.00 bits per heavy atom. The van der Waals surface area contributed by atoms with Gasteiger partial charge in [0.15, 0.2) is 0 Å². The summed E-state index contributed by atoms with van der Waals surface area (Å²) >= 11 is 0. The number of nitrogens with zero attached hydrogens (tertiary/aromatic N) is 1. The van der Waals surface area contributed by atoms with Crippen molar-refractivity contribution in [1.29, 1.82) is 0 Å². The second-order valence-corrected chi connectivity index (χ2v) is 8.93. The van der Waals surface area contributed by atoms with E-state index in [9.17, 15) is 0 Å². The topological polar surface area (TPSA) is 3.24 Å². The maximum atomic E-state index is 4.27. The molecule has 27 heavy (non-hydrogen) atoms. The highest BCUT2D eigenvalue weighted by atomic mass is 15.1. The normalized spacial score (nSPS) is 21.1. The number of hydrogen-bond acceptors (Lipinski definition) is 1. The van der Waals surface area contributed by atoms with Crippen LogP contribution in [0.15, 0.2) is 73.5 Å². The maximum Gasteiger partial charge on any atom is 0.0287 e. The Morgan fingerprint density at radius 3 is 2.19 bits per heavy atom. The molecule has 0 spiro atoms. The van der Waals surface area contributed by atoms with E-state index in [1.165, 1.54) is 36.8 Å². The molecule has 0 amide bonds. The molecular weight excluding hydrogens is 326 g/mol. The third-order valence-corrected chi connectivity index (χ3v) is 6.21. The molecule has 1 aliphatic heterocycles. The fraction of sp³-hybridized carbons (Fsp3) is 0.538. The first kappa shape index (κ1) is 23.3. The van der Waals surface area contributed by atoms with Crippen LogP contribution in [-0.2, 0) is 0 Å². The molecule has 0 radical (unpaired) electrons. The van der Waals surface area contributed by atoms with E-state index in [1.54, 1.807) is 0 Å². The molecule has 0 bridgehead atoms. The van der Waals surface area contributed by atoms with Gasteiger partial charge in [0.05, 0.1) is 0 Å². The van der Waals surface area contributed by atoms with E-state index in [0.717, 1.165) is 49.2 Å². The molecular formula is C26H41N. The lowest BCUT2D eigenvalue weighted by Crippen LogP contribution is -2.25. The van der Waals surface area contributed by atoms with Gasteiger partial charge in [0.1, 0.15) is 0 Å². The Bertz CT molecular complexity index is 606. The van der Waals surface area contributed by atoms with Gasteiger partial charge >= 0.3 is 0 Å². The quantitative estimate of drug-likeness (QED) is 0.339. The van der Waals surface area contributed by atoms with Gasteiger partial charge in [-0.3, -0.25) is 0 Å². The summed E-state index contributed by atoms with van der Waals surface area (Å²) in [5.74, 6) is 0.615. The van der Waals surface area contributed by atoms with E-state index in [2.05, 4.69) is 65.1 Å². The average molecular weight is 368 g/mol. The summed E-state index contributed by atoms with van der Waals surface area (Å²) in [5, 5.41) is 0. The Morgan fingerprint density at radius 2 is 1.63 bits per heavy atom. The molecule has 1 saturated heterocycles. The molecule has 1 nitrogen and oxygen atoms in total. The third kappa shape index (κ3) is 7.79. The van der Waals surface area contributed by atoms with Crippen molar-refractivity contribution in [3.8, 4) is 0 Å².